The molecule has 0 saturated heterocycles. The van der Waals surface area contributed by atoms with Crippen LogP contribution in [0.2, 0.25) is 0 Å². The van der Waals surface area contributed by atoms with E-state index in [1.54, 1.807) is 0 Å². The van der Waals surface area contributed by atoms with Crippen LogP contribution in [-0.4, -0.2) is 19.6 Å². The molecule has 1 saturated carbocycles. The maximum Gasteiger partial charge on any atom is 0.0397 e. The van der Waals surface area contributed by atoms with Crippen molar-refractivity contribution in [2.24, 2.45) is 5.92 Å². The van der Waals surface area contributed by atoms with Gasteiger partial charge in [0.2, 0.25) is 0 Å². The normalized spacial score (nSPS) is 26.7. The maximum absolute atomic E-state index is 3.72. The molecule has 2 unspecified atom stereocenters. The van der Waals surface area contributed by atoms with E-state index in [1.165, 1.54) is 49.0 Å². The van der Waals surface area contributed by atoms with E-state index in [2.05, 4.69) is 42.4 Å². The number of benzene rings is 1. The molecular weight excluding hydrogens is 220 g/mol. The summed E-state index contributed by atoms with van der Waals surface area (Å²) in [6.45, 7) is 4.58. The molecule has 18 heavy (non-hydrogen) atoms. The molecule has 0 aromatic heterocycles. The Bertz CT molecular complexity index is 427. The molecule has 3 rings (SSSR count). The smallest absolute Gasteiger partial charge is 0.0397 e. The lowest BCUT2D eigenvalue weighted by Crippen LogP contribution is -2.25. The molecular formula is C16H24N2. The molecule has 1 heterocycles. The van der Waals surface area contributed by atoms with E-state index in [-0.39, 0.29) is 0 Å². The van der Waals surface area contributed by atoms with Crippen LogP contribution in [-0.2, 0) is 13.0 Å². The number of nitrogens with one attached hydrogen (secondary N) is 1. The van der Waals surface area contributed by atoms with Gasteiger partial charge in [-0.2, -0.15) is 0 Å². The molecule has 0 bridgehead atoms. The molecule has 2 nitrogen and oxygen atoms in total. The third kappa shape index (κ3) is 2.39. The van der Waals surface area contributed by atoms with Gasteiger partial charge in [-0.25, -0.2) is 0 Å². The fourth-order valence-electron chi connectivity index (χ4n) is 3.38. The fourth-order valence-corrected chi connectivity index (χ4v) is 3.38. The third-order valence-electron chi connectivity index (χ3n) is 4.56. The van der Waals surface area contributed by atoms with Crippen molar-refractivity contribution in [2.75, 3.05) is 18.5 Å². The lowest BCUT2D eigenvalue weighted by Gasteiger charge is -2.14. The van der Waals surface area contributed by atoms with E-state index < -0.39 is 0 Å². The summed E-state index contributed by atoms with van der Waals surface area (Å²) >= 11 is 0. The van der Waals surface area contributed by atoms with E-state index in [1.807, 2.05) is 0 Å². The van der Waals surface area contributed by atoms with E-state index in [0.717, 1.165) is 18.5 Å². The highest BCUT2D eigenvalue weighted by Crippen LogP contribution is 2.28. The molecule has 0 spiro atoms. The Morgan fingerprint density at radius 1 is 1.33 bits per heavy atom. The first-order valence-electron chi connectivity index (χ1n) is 7.28. The lowest BCUT2D eigenvalue weighted by molar-refractivity contribution is 0.502. The van der Waals surface area contributed by atoms with E-state index in [0.29, 0.717) is 0 Å². The summed E-state index contributed by atoms with van der Waals surface area (Å²) in [4.78, 5) is 2.35. The van der Waals surface area contributed by atoms with Crippen molar-refractivity contribution >= 4 is 5.69 Å². The van der Waals surface area contributed by atoms with E-state index in [9.17, 15) is 0 Å². The SMILES string of the molecule is CC1CCC(NCc2ccc3c(c2)CCN3C)C1. The van der Waals surface area contributed by atoms with Gasteiger partial charge >= 0.3 is 0 Å². The van der Waals surface area contributed by atoms with Gasteiger partial charge in [0.15, 0.2) is 0 Å². The summed E-state index contributed by atoms with van der Waals surface area (Å²) in [5.41, 5.74) is 4.40. The van der Waals surface area contributed by atoms with Crippen molar-refractivity contribution in [3.05, 3.63) is 29.3 Å². The van der Waals surface area contributed by atoms with Crippen molar-refractivity contribution in [1.82, 2.24) is 5.32 Å². The van der Waals surface area contributed by atoms with Crippen LogP contribution in [0.1, 0.15) is 37.3 Å². The minimum Gasteiger partial charge on any atom is -0.374 e. The minimum atomic E-state index is 0.746. The summed E-state index contributed by atoms with van der Waals surface area (Å²) in [6.07, 6.45) is 5.31. The van der Waals surface area contributed by atoms with Crippen LogP contribution >= 0.6 is 0 Å². The Morgan fingerprint density at radius 2 is 2.22 bits per heavy atom. The predicted molar refractivity (Wildman–Crippen MR) is 77.1 cm³/mol. The summed E-state index contributed by atoms with van der Waals surface area (Å²) in [5, 5.41) is 3.72. The summed E-state index contributed by atoms with van der Waals surface area (Å²) in [7, 11) is 2.18. The van der Waals surface area contributed by atoms with Crippen LogP contribution in [0.15, 0.2) is 18.2 Å². The monoisotopic (exact) mass is 244 g/mol. The third-order valence-corrected chi connectivity index (χ3v) is 4.56. The molecule has 0 amide bonds. The lowest BCUT2D eigenvalue weighted by atomic mass is 10.1. The number of anilines is 1. The number of rotatable bonds is 3. The van der Waals surface area contributed by atoms with Gasteiger partial charge in [0.1, 0.15) is 0 Å². The molecule has 1 aromatic rings. The largest absolute Gasteiger partial charge is 0.374 e. The van der Waals surface area contributed by atoms with Gasteiger partial charge in [0.05, 0.1) is 0 Å². The quantitative estimate of drug-likeness (QED) is 0.879. The van der Waals surface area contributed by atoms with Crippen molar-refractivity contribution in [1.29, 1.82) is 0 Å². The first-order valence-corrected chi connectivity index (χ1v) is 7.28. The maximum atomic E-state index is 3.72. The summed E-state index contributed by atoms with van der Waals surface area (Å²) in [5.74, 6) is 0.913. The van der Waals surface area contributed by atoms with Crippen LogP contribution in [0.3, 0.4) is 0 Å². The number of fused-ring (bicyclic) bond motifs is 1. The zero-order valence-electron chi connectivity index (χ0n) is 11.6. The highest BCUT2D eigenvalue weighted by molar-refractivity contribution is 5.58. The second kappa shape index (κ2) is 4.93. The molecule has 1 aliphatic heterocycles. The summed E-state index contributed by atoms with van der Waals surface area (Å²) in [6, 6.07) is 7.71. The Labute approximate surface area is 110 Å². The average molecular weight is 244 g/mol. The van der Waals surface area contributed by atoms with Crippen molar-refractivity contribution < 1.29 is 0 Å². The second-order valence-electron chi connectivity index (χ2n) is 6.13. The van der Waals surface area contributed by atoms with Gasteiger partial charge in [0.25, 0.3) is 0 Å². The van der Waals surface area contributed by atoms with Crippen LogP contribution in [0.5, 0.6) is 0 Å². The minimum absolute atomic E-state index is 0.746. The first kappa shape index (κ1) is 12.0. The van der Waals surface area contributed by atoms with Crippen LogP contribution in [0, 0.1) is 5.92 Å². The van der Waals surface area contributed by atoms with Crippen LogP contribution < -0.4 is 10.2 Å². The second-order valence-corrected chi connectivity index (χ2v) is 6.13. The molecule has 98 valence electrons. The predicted octanol–water partition coefficient (Wildman–Crippen LogP) is 2.96. The van der Waals surface area contributed by atoms with Gasteiger partial charge in [-0.1, -0.05) is 19.1 Å². The van der Waals surface area contributed by atoms with Gasteiger partial charge in [-0.15, -0.1) is 0 Å². The van der Waals surface area contributed by atoms with Gasteiger partial charge in [0, 0.05) is 31.9 Å². The topological polar surface area (TPSA) is 15.3 Å². The number of hydrogen-bond acceptors (Lipinski definition) is 2. The highest BCUT2D eigenvalue weighted by Gasteiger charge is 2.21. The van der Waals surface area contributed by atoms with E-state index >= 15 is 0 Å². The Morgan fingerprint density at radius 3 is 3.00 bits per heavy atom. The van der Waals surface area contributed by atoms with Gasteiger partial charge in [-0.05, 0) is 48.8 Å². The highest BCUT2D eigenvalue weighted by atomic mass is 15.1. The molecule has 0 radical (unpaired) electrons. The standard InChI is InChI=1S/C16H24N2/c1-12-3-5-15(9-12)17-11-13-4-6-16-14(10-13)7-8-18(16)2/h4,6,10,12,15,17H,3,5,7-9,11H2,1-2H3. The van der Waals surface area contributed by atoms with Crippen molar-refractivity contribution in [2.45, 2.75) is 45.2 Å². The fraction of sp³-hybridized carbons (Fsp3) is 0.625. The number of nitrogens with zero attached hydrogens (tertiary/aromatic N) is 1. The number of hydrogen-bond donors (Lipinski definition) is 1. The molecule has 2 aliphatic rings. The van der Waals surface area contributed by atoms with Crippen LogP contribution in [0.25, 0.3) is 0 Å². The molecule has 1 N–H and O–H groups in total. The Balaban J connectivity index is 1.60. The Hall–Kier alpha value is -1.02. The molecule has 1 aliphatic carbocycles. The molecule has 2 heteroatoms. The Kier molecular flexibility index (Phi) is 3.29. The van der Waals surface area contributed by atoms with Crippen molar-refractivity contribution in [3.8, 4) is 0 Å². The van der Waals surface area contributed by atoms with Gasteiger partial charge in [-0.3, -0.25) is 0 Å². The van der Waals surface area contributed by atoms with Crippen molar-refractivity contribution in [3.63, 3.8) is 0 Å². The molecule has 2 atom stereocenters. The van der Waals surface area contributed by atoms with Crippen LogP contribution in [0.4, 0.5) is 5.69 Å². The molecule has 1 fully saturated rings. The summed E-state index contributed by atoms with van der Waals surface area (Å²) < 4.78 is 0. The van der Waals surface area contributed by atoms with Gasteiger partial charge < -0.3 is 10.2 Å². The molecule has 1 aromatic carbocycles. The average Bonchev–Trinajstić information content (AvgIpc) is 2.94. The first-order chi connectivity index (χ1) is 8.72. The number of likely N-dealkylation sites (N-methyl/N-ethyl adjacent to an activating group) is 1. The zero-order chi connectivity index (χ0) is 12.5. The zero-order valence-corrected chi connectivity index (χ0v) is 11.6. The van der Waals surface area contributed by atoms with E-state index in [4.69, 9.17) is 0 Å².